The van der Waals surface area contributed by atoms with Crippen molar-refractivity contribution in [3.05, 3.63) is 94.9 Å². The van der Waals surface area contributed by atoms with Crippen molar-refractivity contribution in [2.75, 3.05) is 13.1 Å². The molecule has 4 aliphatic rings. The topological polar surface area (TPSA) is 81.4 Å². The summed E-state index contributed by atoms with van der Waals surface area (Å²) < 4.78 is 0. The van der Waals surface area contributed by atoms with Crippen LogP contribution < -0.4 is 10.6 Å². The highest BCUT2D eigenvalue weighted by atomic mass is 15.0. The Balaban J connectivity index is 1.11. The molecule has 6 nitrogen and oxygen atoms in total. The van der Waals surface area contributed by atoms with Crippen LogP contribution in [0.2, 0.25) is 0 Å². The minimum Gasteiger partial charge on any atom is -0.340 e. The molecule has 39 heavy (non-hydrogen) atoms. The zero-order valence-corrected chi connectivity index (χ0v) is 22.5. The number of nitrogens with zero attached hydrogens (tertiary/aromatic N) is 2. The number of aromatic nitrogens is 4. The molecule has 0 spiro atoms. The van der Waals surface area contributed by atoms with E-state index in [0.717, 1.165) is 42.0 Å². The molecule has 0 bridgehead atoms. The van der Waals surface area contributed by atoms with E-state index in [-0.39, 0.29) is 12.1 Å². The van der Waals surface area contributed by atoms with Crippen molar-refractivity contribution in [1.29, 1.82) is 0 Å². The molecule has 196 valence electrons. The molecule has 0 amide bonds. The van der Waals surface area contributed by atoms with E-state index in [0.29, 0.717) is 5.92 Å². The zero-order chi connectivity index (χ0) is 26.1. The molecule has 4 aromatic rings. The maximum Gasteiger partial charge on any atom is 0.127 e. The van der Waals surface area contributed by atoms with Crippen LogP contribution in [0.1, 0.15) is 67.5 Å². The van der Waals surface area contributed by atoms with Gasteiger partial charge in [0.2, 0.25) is 0 Å². The maximum absolute atomic E-state index is 4.76. The molecule has 8 rings (SSSR count). The largest absolute Gasteiger partial charge is 0.340 e. The Labute approximate surface area is 229 Å². The quantitative estimate of drug-likeness (QED) is 0.234. The van der Waals surface area contributed by atoms with Gasteiger partial charge in [0, 0.05) is 18.7 Å². The lowest BCUT2D eigenvalue weighted by atomic mass is 9.73. The van der Waals surface area contributed by atoms with E-state index in [1.807, 2.05) is 12.4 Å². The summed E-state index contributed by atoms with van der Waals surface area (Å²) in [7, 11) is 0. The molecule has 2 aromatic carbocycles. The van der Waals surface area contributed by atoms with Crippen molar-refractivity contribution in [2.24, 2.45) is 5.92 Å². The average molecular weight is 515 g/mol. The second-order valence-corrected chi connectivity index (χ2v) is 11.9. The molecule has 4 atom stereocenters. The van der Waals surface area contributed by atoms with Crippen molar-refractivity contribution in [3.63, 3.8) is 0 Å². The molecule has 2 aromatic heterocycles. The normalized spacial score (nSPS) is 25.3. The maximum atomic E-state index is 4.76. The summed E-state index contributed by atoms with van der Waals surface area (Å²) >= 11 is 0. The molecule has 0 radical (unpaired) electrons. The van der Waals surface area contributed by atoms with Crippen LogP contribution in [-0.4, -0.2) is 33.0 Å². The smallest absolute Gasteiger partial charge is 0.127 e. The number of rotatable bonds is 5. The van der Waals surface area contributed by atoms with Crippen molar-refractivity contribution in [2.45, 2.75) is 51.1 Å². The predicted molar refractivity (Wildman–Crippen MR) is 155 cm³/mol. The summed E-state index contributed by atoms with van der Waals surface area (Å²) in [5, 5.41) is 7.02. The second kappa shape index (κ2) is 8.90. The molecule has 1 fully saturated rings. The Morgan fingerprint density at radius 1 is 0.692 bits per heavy atom. The molecule has 2 aliphatic carbocycles. The lowest BCUT2D eigenvalue weighted by Gasteiger charge is -2.31. The monoisotopic (exact) mass is 514 g/mol. The van der Waals surface area contributed by atoms with Gasteiger partial charge < -0.3 is 20.6 Å². The van der Waals surface area contributed by atoms with Gasteiger partial charge in [-0.25, -0.2) is 9.97 Å². The van der Waals surface area contributed by atoms with Gasteiger partial charge in [0.25, 0.3) is 0 Å². The van der Waals surface area contributed by atoms with Gasteiger partial charge in [-0.1, -0.05) is 59.7 Å². The van der Waals surface area contributed by atoms with E-state index in [9.17, 15) is 0 Å². The van der Waals surface area contributed by atoms with E-state index in [4.69, 9.17) is 4.98 Å². The van der Waals surface area contributed by atoms with Gasteiger partial charge in [-0.05, 0) is 72.8 Å². The number of hydrogen-bond donors (Lipinski definition) is 4. The van der Waals surface area contributed by atoms with Crippen LogP contribution in [0.15, 0.2) is 72.1 Å². The number of imidazole rings is 2. The Bertz CT molecular complexity index is 1630. The first-order chi connectivity index (χ1) is 19.1. The third-order valence-electron chi connectivity index (χ3n) is 9.29. The van der Waals surface area contributed by atoms with E-state index < -0.39 is 0 Å². The van der Waals surface area contributed by atoms with E-state index in [2.05, 4.69) is 88.0 Å². The molecular weight excluding hydrogens is 480 g/mol. The molecule has 2 aliphatic heterocycles. The van der Waals surface area contributed by atoms with Crippen LogP contribution in [0, 0.1) is 5.92 Å². The fraction of sp³-hybridized carbons (Fsp3) is 0.333. The first-order valence-electron chi connectivity index (χ1n) is 14.3. The van der Waals surface area contributed by atoms with Gasteiger partial charge in [-0.15, -0.1) is 0 Å². The summed E-state index contributed by atoms with van der Waals surface area (Å²) in [4.78, 5) is 16.6. The zero-order valence-electron chi connectivity index (χ0n) is 22.5. The summed E-state index contributed by atoms with van der Waals surface area (Å²) in [6.45, 7) is 6.19. The standard InChI is InChI=1S/C33H34N6/c1-18-11-27(34-14-18)32-36-16-29(38-32)21-5-3-20(4-6-21)23-9-10-25(26-13-22-7-8-24(22)31(23)26)30-17-37-33(39-30)28-12-19(2)15-35-28/h3-6,9-12,16-17,22,24,27-28,34-35H,7-8,13-15H2,1-2H3,(H,36,38)(H,37,39). The van der Waals surface area contributed by atoms with Crippen LogP contribution in [0.3, 0.4) is 0 Å². The highest BCUT2D eigenvalue weighted by Gasteiger charge is 2.42. The van der Waals surface area contributed by atoms with Crippen LogP contribution in [0.5, 0.6) is 0 Å². The Kier molecular flexibility index (Phi) is 5.29. The molecule has 4 N–H and O–H groups in total. The van der Waals surface area contributed by atoms with Gasteiger partial charge in [0.1, 0.15) is 11.6 Å². The fourth-order valence-corrected chi connectivity index (χ4v) is 7.07. The Morgan fingerprint density at radius 3 is 1.92 bits per heavy atom. The fourth-order valence-electron chi connectivity index (χ4n) is 7.07. The summed E-state index contributed by atoms with van der Waals surface area (Å²) in [6, 6.07) is 14.0. The van der Waals surface area contributed by atoms with Crippen molar-refractivity contribution in [3.8, 4) is 33.6 Å². The van der Waals surface area contributed by atoms with E-state index in [1.54, 1.807) is 5.56 Å². The first kappa shape index (κ1) is 23.2. The van der Waals surface area contributed by atoms with Gasteiger partial charge in [0.05, 0.1) is 35.9 Å². The average Bonchev–Trinajstić information content (AvgIpc) is 3.75. The lowest BCUT2D eigenvalue weighted by Crippen LogP contribution is -2.19. The number of nitrogens with one attached hydrogen (secondary N) is 4. The molecule has 4 unspecified atom stereocenters. The third-order valence-corrected chi connectivity index (χ3v) is 9.29. The molecule has 1 saturated carbocycles. The van der Waals surface area contributed by atoms with Crippen LogP contribution in [0.25, 0.3) is 33.6 Å². The van der Waals surface area contributed by atoms with E-state index in [1.165, 1.54) is 58.2 Å². The third kappa shape index (κ3) is 3.85. The number of H-pyrrole nitrogens is 2. The second-order valence-electron chi connectivity index (χ2n) is 11.9. The van der Waals surface area contributed by atoms with Gasteiger partial charge in [-0.3, -0.25) is 0 Å². The minimum absolute atomic E-state index is 0.176. The van der Waals surface area contributed by atoms with Crippen LogP contribution >= 0.6 is 0 Å². The number of hydrogen-bond acceptors (Lipinski definition) is 4. The van der Waals surface area contributed by atoms with Crippen LogP contribution in [-0.2, 0) is 6.42 Å². The summed E-state index contributed by atoms with van der Waals surface area (Å²) in [5.74, 6) is 3.46. The number of benzene rings is 2. The molecule has 0 saturated heterocycles. The van der Waals surface area contributed by atoms with Gasteiger partial charge in [0.15, 0.2) is 0 Å². The number of aromatic amines is 2. The summed E-state index contributed by atoms with van der Waals surface area (Å²) in [6.07, 6.45) is 12.3. The number of fused-ring (bicyclic) bond motifs is 3. The minimum atomic E-state index is 0.176. The Morgan fingerprint density at radius 2 is 1.31 bits per heavy atom. The van der Waals surface area contributed by atoms with Crippen LogP contribution in [0.4, 0.5) is 0 Å². The van der Waals surface area contributed by atoms with Crippen molar-refractivity contribution < 1.29 is 0 Å². The van der Waals surface area contributed by atoms with Crippen molar-refractivity contribution in [1.82, 2.24) is 30.6 Å². The predicted octanol–water partition coefficient (Wildman–Crippen LogP) is 6.36. The molecular formula is C33H34N6. The highest BCUT2D eigenvalue weighted by molar-refractivity contribution is 5.79. The summed E-state index contributed by atoms with van der Waals surface area (Å²) in [5.41, 5.74) is 13.2. The first-order valence-corrected chi connectivity index (χ1v) is 14.3. The van der Waals surface area contributed by atoms with Crippen molar-refractivity contribution >= 4 is 0 Å². The highest BCUT2D eigenvalue weighted by Crippen LogP contribution is 2.56. The molecule has 6 heteroatoms. The van der Waals surface area contributed by atoms with E-state index >= 15 is 0 Å². The van der Waals surface area contributed by atoms with Gasteiger partial charge in [-0.2, -0.15) is 0 Å². The molecule has 4 heterocycles. The van der Waals surface area contributed by atoms with Gasteiger partial charge >= 0.3 is 0 Å². The SMILES string of the molecule is CC1=CC(c2ncc(-c3ccc(-c4ccc(-c5cnc(C6C=C(C)CN6)[nH]5)c5c4C4CCC4C5)cc3)[nH]2)NC1. The lowest BCUT2D eigenvalue weighted by molar-refractivity contribution is 0.281. The Hall–Kier alpha value is -3.74.